The van der Waals surface area contributed by atoms with Gasteiger partial charge in [-0.3, -0.25) is 4.79 Å². The van der Waals surface area contributed by atoms with E-state index in [1.54, 1.807) is 12.3 Å². The van der Waals surface area contributed by atoms with Gasteiger partial charge in [0.2, 0.25) is 0 Å². The van der Waals surface area contributed by atoms with Crippen LogP contribution in [0.5, 0.6) is 0 Å². The number of carbonyl (C=O) groups excluding carboxylic acids is 1. The van der Waals surface area contributed by atoms with Crippen LogP contribution in [0.3, 0.4) is 0 Å². The van der Waals surface area contributed by atoms with Crippen LogP contribution in [0.25, 0.3) is 0 Å². The zero-order valence-corrected chi connectivity index (χ0v) is 6.58. The lowest BCUT2D eigenvalue weighted by atomic mass is 10.2. The standard InChI is InChI=1S/C8H12O3/c1-7(9)11-8-3-2-5-10-6-4-8/h4,6,8H,2-3,5H2,1H3/t8-/m0/s1. The SMILES string of the molecule is CC(=O)O[C@@H]1C=COCCC1. The molecule has 0 N–H and O–H groups in total. The van der Waals surface area contributed by atoms with E-state index in [2.05, 4.69) is 0 Å². The molecule has 1 rings (SSSR count). The van der Waals surface area contributed by atoms with E-state index in [9.17, 15) is 4.79 Å². The predicted octanol–water partition coefficient (Wildman–Crippen LogP) is 1.24. The third kappa shape index (κ3) is 3.07. The third-order valence-electron chi connectivity index (χ3n) is 1.46. The van der Waals surface area contributed by atoms with Crippen molar-refractivity contribution in [1.82, 2.24) is 0 Å². The Labute approximate surface area is 66.0 Å². The molecule has 0 unspecified atom stereocenters. The van der Waals surface area contributed by atoms with E-state index in [4.69, 9.17) is 9.47 Å². The van der Waals surface area contributed by atoms with Gasteiger partial charge in [0.25, 0.3) is 0 Å². The van der Waals surface area contributed by atoms with Crippen LogP contribution in [0, 0.1) is 0 Å². The van der Waals surface area contributed by atoms with Gasteiger partial charge in [0.1, 0.15) is 6.10 Å². The number of ether oxygens (including phenoxy) is 2. The van der Waals surface area contributed by atoms with Crippen molar-refractivity contribution in [2.45, 2.75) is 25.9 Å². The summed E-state index contributed by atoms with van der Waals surface area (Å²) in [5.74, 6) is -0.235. The maximum atomic E-state index is 10.5. The van der Waals surface area contributed by atoms with Crippen LogP contribution in [0.4, 0.5) is 0 Å². The summed E-state index contributed by atoms with van der Waals surface area (Å²) >= 11 is 0. The first-order valence-corrected chi connectivity index (χ1v) is 3.74. The minimum absolute atomic E-state index is 0.0880. The van der Waals surface area contributed by atoms with Crippen LogP contribution in [0.15, 0.2) is 12.3 Å². The second kappa shape index (κ2) is 4.01. The number of carbonyl (C=O) groups is 1. The Balaban J connectivity index is 2.36. The van der Waals surface area contributed by atoms with Gasteiger partial charge in [-0.2, -0.15) is 0 Å². The van der Waals surface area contributed by atoms with Crippen LogP contribution in [0.2, 0.25) is 0 Å². The molecule has 1 aliphatic rings. The molecule has 1 atom stereocenters. The monoisotopic (exact) mass is 156 g/mol. The first-order valence-electron chi connectivity index (χ1n) is 3.74. The van der Waals surface area contributed by atoms with E-state index < -0.39 is 0 Å². The van der Waals surface area contributed by atoms with Gasteiger partial charge in [0, 0.05) is 6.92 Å². The van der Waals surface area contributed by atoms with Crippen LogP contribution >= 0.6 is 0 Å². The highest BCUT2D eigenvalue weighted by Gasteiger charge is 2.09. The average molecular weight is 156 g/mol. The second-order valence-corrected chi connectivity index (χ2v) is 2.49. The molecule has 1 aliphatic heterocycles. The number of rotatable bonds is 1. The molecule has 0 aromatic carbocycles. The van der Waals surface area contributed by atoms with Gasteiger partial charge in [-0.1, -0.05) is 0 Å². The van der Waals surface area contributed by atoms with Crippen molar-refractivity contribution in [3.63, 3.8) is 0 Å². The maximum absolute atomic E-state index is 10.5. The molecule has 62 valence electrons. The van der Waals surface area contributed by atoms with E-state index in [1.165, 1.54) is 6.92 Å². The van der Waals surface area contributed by atoms with Gasteiger partial charge in [-0.15, -0.1) is 0 Å². The van der Waals surface area contributed by atoms with Crippen LogP contribution in [0.1, 0.15) is 19.8 Å². The van der Waals surface area contributed by atoms with Gasteiger partial charge in [0.15, 0.2) is 0 Å². The van der Waals surface area contributed by atoms with E-state index in [0.29, 0.717) is 6.61 Å². The molecular formula is C8H12O3. The van der Waals surface area contributed by atoms with Crippen LogP contribution in [-0.2, 0) is 14.3 Å². The summed E-state index contributed by atoms with van der Waals surface area (Å²) in [4.78, 5) is 10.5. The van der Waals surface area contributed by atoms with Crippen molar-refractivity contribution < 1.29 is 14.3 Å². The van der Waals surface area contributed by atoms with E-state index in [0.717, 1.165) is 12.8 Å². The van der Waals surface area contributed by atoms with Crippen molar-refractivity contribution >= 4 is 5.97 Å². The molecule has 0 aliphatic carbocycles. The highest BCUT2D eigenvalue weighted by molar-refractivity contribution is 5.66. The summed E-state index contributed by atoms with van der Waals surface area (Å²) in [5.41, 5.74) is 0. The fourth-order valence-electron chi connectivity index (χ4n) is 0.987. The smallest absolute Gasteiger partial charge is 0.303 e. The molecule has 0 fully saturated rings. The van der Waals surface area contributed by atoms with Gasteiger partial charge < -0.3 is 9.47 Å². The molecule has 0 bridgehead atoms. The summed E-state index contributed by atoms with van der Waals surface area (Å²) in [5, 5.41) is 0. The molecule has 0 aromatic rings. The van der Waals surface area contributed by atoms with Crippen molar-refractivity contribution in [3.8, 4) is 0 Å². The highest BCUT2D eigenvalue weighted by atomic mass is 16.5. The quantitative estimate of drug-likeness (QED) is 0.536. The Morgan fingerprint density at radius 1 is 1.73 bits per heavy atom. The molecular weight excluding hydrogens is 144 g/mol. The molecule has 0 saturated heterocycles. The average Bonchev–Trinajstić information content (AvgIpc) is 2.14. The minimum atomic E-state index is -0.235. The summed E-state index contributed by atoms with van der Waals surface area (Å²) in [6.45, 7) is 2.13. The normalized spacial score (nSPS) is 23.5. The Hall–Kier alpha value is -0.990. The largest absolute Gasteiger partial charge is 0.501 e. The minimum Gasteiger partial charge on any atom is -0.501 e. The second-order valence-electron chi connectivity index (χ2n) is 2.49. The summed E-state index contributed by atoms with van der Waals surface area (Å²) in [6, 6.07) is 0. The fourth-order valence-corrected chi connectivity index (χ4v) is 0.987. The third-order valence-corrected chi connectivity index (χ3v) is 1.46. The molecule has 11 heavy (non-hydrogen) atoms. The highest BCUT2D eigenvalue weighted by Crippen LogP contribution is 2.08. The van der Waals surface area contributed by atoms with E-state index >= 15 is 0 Å². The first kappa shape index (κ1) is 8.11. The van der Waals surface area contributed by atoms with Crippen molar-refractivity contribution in [3.05, 3.63) is 12.3 Å². The molecule has 0 saturated carbocycles. The Kier molecular flexibility index (Phi) is 2.95. The Bertz CT molecular complexity index is 163. The molecule has 3 nitrogen and oxygen atoms in total. The van der Waals surface area contributed by atoms with E-state index in [1.807, 2.05) is 0 Å². The summed E-state index contributed by atoms with van der Waals surface area (Å²) < 4.78 is 10.00. The lowest BCUT2D eigenvalue weighted by Gasteiger charge is -2.08. The molecule has 0 amide bonds. The first-order chi connectivity index (χ1) is 5.29. The number of hydrogen-bond donors (Lipinski definition) is 0. The molecule has 3 heteroatoms. The molecule has 0 spiro atoms. The van der Waals surface area contributed by atoms with Crippen LogP contribution < -0.4 is 0 Å². The zero-order valence-electron chi connectivity index (χ0n) is 6.58. The van der Waals surface area contributed by atoms with E-state index in [-0.39, 0.29) is 12.1 Å². The Morgan fingerprint density at radius 3 is 3.27 bits per heavy atom. The molecule has 0 aromatic heterocycles. The van der Waals surface area contributed by atoms with Crippen molar-refractivity contribution in [1.29, 1.82) is 0 Å². The zero-order chi connectivity index (χ0) is 8.10. The lowest BCUT2D eigenvalue weighted by Crippen LogP contribution is -2.12. The summed E-state index contributed by atoms with van der Waals surface area (Å²) in [6.07, 6.45) is 5.07. The van der Waals surface area contributed by atoms with Gasteiger partial charge in [-0.25, -0.2) is 0 Å². The van der Waals surface area contributed by atoms with Crippen molar-refractivity contribution in [2.24, 2.45) is 0 Å². The maximum Gasteiger partial charge on any atom is 0.303 e. The lowest BCUT2D eigenvalue weighted by molar-refractivity contribution is -0.144. The number of esters is 1. The fraction of sp³-hybridized carbons (Fsp3) is 0.625. The van der Waals surface area contributed by atoms with Gasteiger partial charge >= 0.3 is 5.97 Å². The Morgan fingerprint density at radius 2 is 2.55 bits per heavy atom. The summed E-state index contributed by atoms with van der Waals surface area (Å²) in [7, 11) is 0. The predicted molar refractivity (Wildman–Crippen MR) is 39.9 cm³/mol. The number of hydrogen-bond acceptors (Lipinski definition) is 3. The van der Waals surface area contributed by atoms with Gasteiger partial charge in [-0.05, 0) is 18.9 Å². The molecule has 1 heterocycles. The molecule has 0 radical (unpaired) electrons. The van der Waals surface area contributed by atoms with Crippen molar-refractivity contribution in [2.75, 3.05) is 6.61 Å². The van der Waals surface area contributed by atoms with Crippen LogP contribution in [-0.4, -0.2) is 18.7 Å². The topological polar surface area (TPSA) is 35.5 Å². The van der Waals surface area contributed by atoms with Gasteiger partial charge in [0.05, 0.1) is 12.9 Å².